The van der Waals surface area contributed by atoms with E-state index >= 15 is 0 Å². The molecule has 0 atom stereocenters. The molecule has 0 radical (unpaired) electrons. The molecule has 3 aromatic rings. The molecule has 10 nitrogen and oxygen atoms in total. The molecule has 0 spiro atoms. The number of carbonyl (C=O) groups excluding carboxylic acids is 2. The lowest BCUT2D eigenvalue weighted by Gasteiger charge is -2.35. The normalized spacial score (nSPS) is 13.7. The first-order valence-corrected chi connectivity index (χ1v) is 10.5. The summed E-state index contributed by atoms with van der Waals surface area (Å²) in [5.41, 5.74) is 1.18. The van der Waals surface area contributed by atoms with Crippen LogP contribution >= 0.6 is 11.3 Å². The van der Waals surface area contributed by atoms with Crippen molar-refractivity contribution in [1.29, 1.82) is 0 Å². The molecule has 1 saturated heterocycles. The number of rotatable bonds is 5. The van der Waals surface area contributed by atoms with Crippen molar-refractivity contribution in [2.45, 2.75) is 6.92 Å². The molecule has 1 aliphatic rings. The van der Waals surface area contributed by atoms with E-state index in [0.717, 1.165) is 0 Å². The molecular weight excluding hydrogens is 418 g/mol. The zero-order valence-corrected chi connectivity index (χ0v) is 17.9. The molecule has 4 rings (SSSR count). The van der Waals surface area contributed by atoms with Crippen LogP contribution in [0.5, 0.6) is 5.88 Å². The Morgan fingerprint density at radius 2 is 1.90 bits per heavy atom. The van der Waals surface area contributed by atoms with Crippen molar-refractivity contribution >= 4 is 34.7 Å². The Morgan fingerprint density at radius 3 is 2.58 bits per heavy atom. The highest BCUT2D eigenvalue weighted by Crippen LogP contribution is 2.29. The average molecular weight is 440 g/mol. The Balaban J connectivity index is 1.54. The fraction of sp³-hybridized carbons (Fsp3) is 0.300. The van der Waals surface area contributed by atoms with Crippen LogP contribution in [0, 0.1) is 0 Å². The van der Waals surface area contributed by atoms with Gasteiger partial charge in [-0.1, -0.05) is 0 Å². The predicted molar refractivity (Wildman–Crippen MR) is 116 cm³/mol. The zero-order valence-electron chi connectivity index (χ0n) is 17.1. The van der Waals surface area contributed by atoms with Gasteiger partial charge >= 0.3 is 0 Å². The number of piperazine rings is 1. The van der Waals surface area contributed by atoms with E-state index in [9.17, 15) is 9.59 Å². The van der Waals surface area contributed by atoms with Gasteiger partial charge in [0.05, 0.1) is 25.2 Å². The highest BCUT2D eigenvalue weighted by Gasteiger charge is 2.23. The van der Waals surface area contributed by atoms with Gasteiger partial charge in [-0.2, -0.15) is 4.98 Å². The third kappa shape index (κ3) is 4.61. The number of hydrogen-bond donors (Lipinski definition) is 1. The molecule has 0 aromatic carbocycles. The molecule has 3 aromatic heterocycles. The number of amides is 2. The lowest BCUT2D eigenvalue weighted by molar-refractivity contribution is -0.129. The van der Waals surface area contributed by atoms with Crippen LogP contribution in [0.2, 0.25) is 0 Å². The highest BCUT2D eigenvalue weighted by molar-refractivity contribution is 7.17. The molecule has 2 amide bonds. The molecule has 1 fully saturated rings. The van der Waals surface area contributed by atoms with Gasteiger partial charge in [-0.3, -0.25) is 19.6 Å². The smallest absolute Gasteiger partial charge is 0.267 e. The fourth-order valence-electron chi connectivity index (χ4n) is 3.21. The van der Waals surface area contributed by atoms with Gasteiger partial charge in [0.1, 0.15) is 15.6 Å². The van der Waals surface area contributed by atoms with Gasteiger partial charge in [0, 0.05) is 51.6 Å². The second-order valence-corrected chi connectivity index (χ2v) is 7.82. The zero-order chi connectivity index (χ0) is 21.8. The Kier molecular flexibility index (Phi) is 6.03. The van der Waals surface area contributed by atoms with Crippen LogP contribution in [0.25, 0.3) is 10.7 Å². The largest absolute Gasteiger partial charge is 0.481 e. The SMILES string of the molecule is COc1ccc(NC(=O)c2cnc(-c3cnccn3)s2)c(N2CCN(C(C)=O)CC2)n1. The summed E-state index contributed by atoms with van der Waals surface area (Å²) >= 11 is 1.24. The summed E-state index contributed by atoms with van der Waals surface area (Å²) in [5.74, 6) is 0.818. The molecule has 160 valence electrons. The van der Waals surface area contributed by atoms with Crippen molar-refractivity contribution in [1.82, 2.24) is 24.8 Å². The number of ether oxygens (including phenoxy) is 1. The van der Waals surface area contributed by atoms with E-state index in [0.29, 0.717) is 59.1 Å². The minimum atomic E-state index is -0.289. The van der Waals surface area contributed by atoms with E-state index in [4.69, 9.17) is 4.74 Å². The summed E-state index contributed by atoms with van der Waals surface area (Å²) in [6.07, 6.45) is 6.29. The maximum atomic E-state index is 12.9. The molecule has 0 aliphatic carbocycles. The number of anilines is 2. The Hall–Kier alpha value is -3.60. The maximum absolute atomic E-state index is 12.9. The van der Waals surface area contributed by atoms with Crippen LogP contribution in [0.4, 0.5) is 11.5 Å². The predicted octanol–water partition coefficient (Wildman–Crippen LogP) is 1.92. The lowest BCUT2D eigenvalue weighted by atomic mass is 10.2. The van der Waals surface area contributed by atoms with Gasteiger partial charge in [0.2, 0.25) is 11.8 Å². The van der Waals surface area contributed by atoms with E-state index in [1.165, 1.54) is 17.5 Å². The van der Waals surface area contributed by atoms with Crippen LogP contribution < -0.4 is 15.0 Å². The third-order valence-corrected chi connectivity index (χ3v) is 5.86. The number of carbonyl (C=O) groups is 2. The topological polar surface area (TPSA) is 113 Å². The van der Waals surface area contributed by atoms with Crippen LogP contribution in [0.1, 0.15) is 16.6 Å². The Bertz CT molecular complexity index is 1080. The second kappa shape index (κ2) is 9.04. The second-order valence-electron chi connectivity index (χ2n) is 6.79. The van der Waals surface area contributed by atoms with Gasteiger partial charge in [0.15, 0.2) is 5.82 Å². The summed E-state index contributed by atoms with van der Waals surface area (Å²) < 4.78 is 5.27. The lowest BCUT2D eigenvalue weighted by Crippen LogP contribution is -2.48. The van der Waals surface area contributed by atoms with Crippen LogP contribution in [-0.4, -0.2) is 69.9 Å². The Labute approximate surface area is 182 Å². The van der Waals surface area contributed by atoms with E-state index in [2.05, 4.69) is 25.3 Å². The molecule has 1 N–H and O–H groups in total. The average Bonchev–Trinajstić information content (AvgIpc) is 3.30. The molecule has 0 saturated carbocycles. The van der Waals surface area contributed by atoms with E-state index < -0.39 is 0 Å². The van der Waals surface area contributed by atoms with Gasteiger partial charge in [-0.25, -0.2) is 4.98 Å². The van der Waals surface area contributed by atoms with Crippen molar-refractivity contribution in [3.05, 3.63) is 41.8 Å². The molecule has 31 heavy (non-hydrogen) atoms. The van der Waals surface area contributed by atoms with Gasteiger partial charge in [0.25, 0.3) is 5.91 Å². The number of pyridine rings is 1. The van der Waals surface area contributed by atoms with E-state index in [1.807, 2.05) is 4.90 Å². The van der Waals surface area contributed by atoms with Crippen LogP contribution in [0.15, 0.2) is 36.9 Å². The van der Waals surface area contributed by atoms with E-state index in [1.54, 1.807) is 49.7 Å². The number of nitrogens with one attached hydrogen (secondary N) is 1. The van der Waals surface area contributed by atoms with Crippen molar-refractivity contribution in [3.63, 3.8) is 0 Å². The maximum Gasteiger partial charge on any atom is 0.267 e. The minimum Gasteiger partial charge on any atom is -0.481 e. The molecule has 11 heteroatoms. The summed E-state index contributed by atoms with van der Waals surface area (Å²) in [5, 5.41) is 3.55. The van der Waals surface area contributed by atoms with Gasteiger partial charge in [-0.15, -0.1) is 11.3 Å². The first-order chi connectivity index (χ1) is 15.0. The molecule has 0 bridgehead atoms. The van der Waals surface area contributed by atoms with Crippen molar-refractivity contribution in [2.24, 2.45) is 0 Å². The highest BCUT2D eigenvalue weighted by atomic mass is 32.1. The quantitative estimate of drug-likeness (QED) is 0.642. The number of thiazole rings is 1. The standard InChI is InChI=1S/C20H21N7O3S/c1-13(28)26-7-9-27(10-8-26)18-14(3-4-17(25-18)30-2)24-19(29)16-12-23-20(31-16)15-11-21-5-6-22-15/h3-6,11-12H,7-10H2,1-2H3,(H,24,29). The van der Waals surface area contributed by atoms with Gasteiger partial charge < -0.3 is 19.9 Å². The first-order valence-electron chi connectivity index (χ1n) is 9.64. The summed E-state index contributed by atoms with van der Waals surface area (Å²) in [6.45, 7) is 3.98. The fourth-order valence-corrected chi connectivity index (χ4v) is 3.98. The Morgan fingerprint density at radius 1 is 1.10 bits per heavy atom. The molecule has 0 unspecified atom stereocenters. The van der Waals surface area contributed by atoms with Crippen molar-refractivity contribution in [3.8, 4) is 16.6 Å². The number of methoxy groups -OCH3 is 1. The van der Waals surface area contributed by atoms with Crippen LogP contribution in [0.3, 0.4) is 0 Å². The van der Waals surface area contributed by atoms with Crippen LogP contribution in [-0.2, 0) is 4.79 Å². The summed E-state index contributed by atoms with van der Waals surface area (Å²) in [7, 11) is 1.55. The monoisotopic (exact) mass is 439 g/mol. The number of aromatic nitrogens is 4. The van der Waals surface area contributed by atoms with Crippen molar-refractivity contribution in [2.75, 3.05) is 43.5 Å². The third-order valence-electron chi connectivity index (χ3n) is 4.84. The minimum absolute atomic E-state index is 0.0517. The molecule has 1 aliphatic heterocycles. The van der Waals surface area contributed by atoms with Crippen molar-refractivity contribution < 1.29 is 14.3 Å². The first kappa shape index (κ1) is 20.7. The summed E-state index contributed by atoms with van der Waals surface area (Å²) in [6, 6.07) is 3.46. The van der Waals surface area contributed by atoms with Gasteiger partial charge in [-0.05, 0) is 6.07 Å². The molecular formula is C20H21N7O3S. The number of nitrogens with zero attached hydrogens (tertiary/aromatic N) is 6. The number of hydrogen-bond acceptors (Lipinski definition) is 9. The van der Waals surface area contributed by atoms with E-state index in [-0.39, 0.29) is 11.8 Å². The molecule has 4 heterocycles. The summed E-state index contributed by atoms with van der Waals surface area (Å²) in [4.78, 5) is 45.8.